The highest BCUT2D eigenvalue weighted by atomic mass is 16.5. The van der Waals surface area contributed by atoms with E-state index >= 15 is 0 Å². The zero-order chi connectivity index (χ0) is 15.0. The van der Waals surface area contributed by atoms with Gasteiger partial charge in [-0.05, 0) is 0 Å². The van der Waals surface area contributed by atoms with Gasteiger partial charge in [0.05, 0.1) is 12.7 Å². The van der Waals surface area contributed by atoms with E-state index in [-0.39, 0.29) is 12.8 Å². The number of rotatable bonds is 4. The predicted molar refractivity (Wildman–Crippen MR) is 78.2 cm³/mol. The number of aliphatic hydroxyl groups excluding tert-OH is 2. The van der Waals surface area contributed by atoms with Gasteiger partial charge in [0.25, 0.3) is 0 Å². The van der Waals surface area contributed by atoms with Gasteiger partial charge in [-0.3, -0.25) is 4.99 Å². The fourth-order valence-electron chi connectivity index (χ4n) is 2.80. The molecule has 3 rings (SSSR count). The second kappa shape index (κ2) is 5.30. The molecule has 0 bridgehead atoms. The minimum Gasteiger partial charge on any atom is -0.394 e. The number of hydrogen-bond acceptors (Lipinski definition) is 8. The maximum atomic E-state index is 9.85. The third kappa shape index (κ3) is 2.30. The topological polar surface area (TPSA) is 116 Å². The van der Waals surface area contributed by atoms with Crippen molar-refractivity contribution < 1.29 is 14.9 Å². The summed E-state index contributed by atoms with van der Waals surface area (Å²) in [6.07, 6.45) is 2.32. The van der Waals surface area contributed by atoms with E-state index in [2.05, 4.69) is 21.6 Å². The Labute approximate surface area is 122 Å². The van der Waals surface area contributed by atoms with E-state index in [1.54, 1.807) is 6.08 Å². The van der Waals surface area contributed by atoms with Crippen molar-refractivity contribution in [3.8, 4) is 0 Å². The van der Waals surface area contributed by atoms with Crippen molar-refractivity contribution in [2.75, 3.05) is 13.3 Å². The third-order valence-corrected chi connectivity index (χ3v) is 3.93. The van der Waals surface area contributed by atoms with Gasteiger partial charge >= 0.3 is 0 Å². The molecular weight excluding hydrogens is 274 g/mol. The van der Waals surface area contributed by atoms with E-state index in [1.807, 2.05) is 4.90 Å². The van der Waals surface area contributed by atoms with Gasteiger partial charge in [-0.25, -0.2) is 9.98 Å². The number of amidine groups is 1. The second-order valence-electron chi connectivity index (χ2n) is 5.35. The van der Waals surface area contributed by atoms with Gasteiger partial charge < -0.3 is 25.6 Å². The molecule has 21 heavy (non-hydrogen) atoms. The summed E-state index contributed by atoms with van der Waals surface area (Å²) in [6, 6.07) is 0. The largest absolute Gasteiger partial charge is 0.394 e. The van der Waals surface area contributed by atoms with Crippen molar-refractivity contribution in [2.24, 2.45) is 20.7 Å². The summed E-state index contributed by atoms with van der Waals surface area (Å²) in [5.74, 6) is 0.616. The van der Waals surface area contributed by atoms with Gasteiger partial charge in [-0.1, -0.05) is 6.08 Å². The standard InChI is InChI=1S/C13H19N5O3/c1-2-3-13(14)11-12(15-6-17-13)18(7-16-11)10-4-8(20)9(5-19)21-10/h2,6,8-10,19-20H,1,3-5,7,14H2/t8-,9+,10+,13?/m0/s1. The van der Waals surface area contributed by atoms with Gasteiger partial charge in [-0.15, -0.1) is 6.58 Å². The molecule has 3 heterocycles. The van der Waals surface area contributed by atoms with E-state index in [0.717, 1.165) is 0 Å². The molecular formula is C13H19N5O3. The van der Waals surface area contributed by atoms with Crippen LogP contribution < -0.4 is 5.73 Å². The first-order chi connectivity index (χ1) is 10.1. The summed E-state index contributed by atoms with van der Waals surface area (Å²) < 4.78 is 5.65. The predicted octanol–water partition coefficient (Wildman–Crippen LogP) is -1.16. The molecule has 0 aromatic carbocycles. The van der Waals surface area contributed by atoms with E-state index in [1.165, 1.54) is 6.34 Å². The second-order valence-corrected chi connectivity index (χ2v) is 5.35. The van der Waals surface area contributed by atoms with Gasteiger partial charge in [0.1, 0.15) is 31.1 Å². The highest BCUT2D eigenvalue weighted by molar-refractivity contribution is 6.47. The number of ether oxygens (including phenoxy) is 1. The Morgan fingerprint density at radius 1 is 1.62 bits per heavy atom. The highest BCUT2D eigenvalue weighted by Gasteiger charge is 2.45. The van der Waals surface area contributed by atoms with E-state index in [4.69, 9.17) is 15.6 Å². The first-order valence-corrected chi connectivity index (χ1v) is 6.86. The zero-order valence-corrected chi connectivity index (χ0v) is 11.6. The smallest absolute Gasteiger partial charge is 0.159 e. The maximum absolute atomic E-state index is 9.85. The van der Waals surface area contributed by atoms with Crippen molar-refractivity contribution in [1.29, 1.82) is 0 Å². The monoisotopic (exact) mass is 293 g/mol. The third-order valence-electron chi connectivity index (χ3n) is 3.93. The summed E-state index contributed by atoms with van der Waals surface area (Å²) in [6.45, 7) is 3.83. The van der Waals surface area contributed by atoms with Crippen LogP contribution in [0.3, 0.4) is 0 Å². The molecule has 114 valence electrons. The number of nitrogens with zero attached hydrogens (tertiary/aromatic N) is 4. The molecule has 0 spiro atoms. The van der Waals surface area contributed by atoms with Crippen LogP contribution in [0.1, 0.15) is 12.8 Å². The van der Waals surface area contributed by atoms with Gasteiger partial charge in [-0.2, -0.15) is 0 Å². The first-order valence-electron chi connectivity index (χ1n) is 6.86. The molecule has 4 N–H and O–H groups in total. The molecule has 3 aliphatic rings. The normalized spacial score (nSPS) is 38.2. The molecule has 0 aromatic rings. The van der Waals surface area contributed by atoms with Crippen LogP contribution in [-0.2, 0) is 4.74 Å². The summed E-state index contributed by atoms with van der Waals surface area (Å²) in [4.78, 5) is 14.7. The Morgan fingerprint density at radius 3 is 3.10 bits per heavy atom. The van der Waals surface area contributed by atoms with E-state index in [0.29, 0.717) is 31.1 Å². The Kier molecular flexibility index (Phi) is 3.62. The van der Waals surface area contributed by atoms with Gasteiger partial charge in [0.2, 0.25) is 0 Å². The lowest BCUT2D eigenvalue weighted by atomic mass is 9.99. The fraction of sp³-hybridized carbons (Fsp3) is 0.615. The summed E-state index contributed by atoms with van der Waals surface area (Å²) in [5, 5.41) is 19.0. The fourth-order valence-corrected chi connectivity index (χ4v) is 2.80. The minimum absolute atomic E-state index is 0.218. The molecule has 1 fully saturated rings. The van der Waals surface area contributed by atoms with Crippen molar-refractivity contribution in [2.45, 2.75) is 36.9 Å². The van der Waals surface area contributed by atoms with Gasteiger partial charge in [0, 0.05) is 12.8 Å². The molecule has 1 saturated heterocycles. The Morgan fingerprint density at radius 2 is 2.43 bits per heavy atom. The zero-order valence-electron chi connectivity index (χ0n) is 11.6. The molecule has 3 aliphatic heterocycles. The van der Waals surface area contributed by atoms with E-state index < -0.39 is 17.9 Å². The van der Waals surface area contributed by atoms with Crippen molar-refractivity contribution >= 4 is 17.9 Å². The quantitative estimate of drug-likeness (QED) is 0.565. The van der Waals surface area contributed by atoms with Crippen LogP contribution in [0.2, 0.25) is 0 Å². The maximum Gasteiger partial charge on any atom is 0.159 e. The van der Waals surface area contributed by atoms with E-state index in [9.17, 15) is 5.11 Å². The number of fused-ring (bicyclic) bond motifs is 1. The first kappa shape index (κ1) is 14.3. The lowest BCUT2D eigenvalue weighted by Gasteiger charge is -2.30. The van der Waals surface area contributed by atoms with Crippen LogP contribution in [0.5, 0.6) is 0 Å². The number of aliphatic imine (C=N–C) groups is 3. The average molecular weight is 293 g/mol. The lowest BCUT2D eigenvalue weighted by Crippen LogP contribution is -2.53. The molecule has 8 nitrogen and oxygen atoms in total. The Bertz CT molecular complexity index is 532. The van der Waals surface area contributed by atoms with Gasteiger partial charge in [0.15, 0.2) is 11.5 Å². The van der Waals surface area contributed by atoms with Crippen LogP contribution in [0.4, 0.5) is 0 Å². The Balaban J connectivity index is 1.80. The molecule has 0 saturated carbocycles. The van der Waals surface area contributed by atoms with Crippen LogP contribution >= 0.6 is 0 Å². The summed E-state index contributed by atoms with van der Waals surface area (Å²) in [5.41, 5.74) is 5.92. The number of aliphatic hydroxyl groups is 2. The van der Waals surface area contributed by atoms with Crippen molar-refractivity contribution in [3.63, 3.8) is 0 Å². The molecule has 4 atom stereocenters. The summed E-state index contributed by atoms with van der Waals surface area (Å²) >= 11 is 0. The number of hydrogen-bond donors (Lipinski definition) is 3. The van der Waals surface area contributed by atoms with Crippen molar-refractivity contribution in [3.05, 3.63) is 12.7 Å². The van der Waals surface area contributed by atoms with Crippen LogP contribution in [0.25, 0.3) is 0 Å². The Hall–Kier alpha value is -1.61. The summed E-state index contributed by atoms with van der Waals surface area (Å²) in [7, 11) is 0. The highest BCUT2D eigenvalue weighted by Crippen LogP contribution is 2.29. The SMILES string of the molecule is C=CCC1(N)N=CN=C2C1=NCN2[C@H]1C[C@H](O)[C@@H](CO)O1. The average Bonchev–Trinajstić information content (AvgIpc) is 3.03. The molecule has 1 unspecified atom stereocenters. The van der Waals surface area contributed by atoms with Crippen molar-refractivity contribution in [1.82, 2.24) is 4.90 Å². The minimum atomic E-state index is -0.943. The number of nitrogens with two attached hydrogens (primary N) is 1. The molecule has 8 heteroatoms. The van der Waals surface area contributed by atoms with Crippen LogP contribution in [0.15, 0.2) is 27.6 Å². The lowest BCUT2D eigenvalue weighted by molar-refractivity contribution is -0.0560. The van der Waals surface area contributed by atoms with Crippen LogP contribution in [0, 0.1) is 0 Å². The van der Waals surface area contributed by atoms with Crippen LogP contribution in [-0.4, -0.2) is 70.4 Å². The molecule has 0 radical (unpaired) electrons. The molecule has 0 aliphatic carbocycles. The molecule has 0 aromatic heterocycles. The molecule has 0 amide bonds.